The van der Waals surface area contributed by atoms with Crippen molar-refractivity contribution in [1.29, 1.82) is 0 Å². The molecule has 0 radical (unpaired) electrons. The van der Waals surface area contributed by atoms with E-state index in [-0.39, 0.29) is 32.4 Å². The summed E-state index contributed by atoms with van der Waals surface area (Å²) in [6.45, 7) is 5.55. The number of nitrogens with two attached hydrogens (primary N) is 1. The van der Waals surface area contributed by atoms with Gasteiger partial charge in [0.1, 0.15) is 29.9 Å². The van der Waals surface area contributed by atoms with E-state index in [4.69, 9.17) is 20.7 Å². The molecular weight excluding hydrogens is 690 g/mol. The molecule has 3 rings (SSSR count). The molecule has 1 aliphatic heterocycles. The second-order valence-corrected chi connectivity index (χ2v) is 13.5. The maximum Gasteiger partial charge on any atom is 0.407 e. The molecule has 1 heterocycles. The SMILES string of the molecule is CC(C)(C)OC(=O)NCCc1ccc(NC(=O)C(CCCNC(N)=O)NC(=O)[C@@H](Cc2ccccc2)NC(=O)C[C@@H]2O[C@H](CN=[N+]=[N-])C(O)C2O)cc1. The Morgan fingerprint density at radius 2 is 1.58 bits per heavy atom. The Morgan fingerprint density at radius 3 is 2.23 bits per heavy atom. The lowest BCUT2D eigenvalue weighted by molar-refractivity contribution is -0.132. The number of primary amides is 1. The first-order chi connectivity index (χ1) is 25.1. The number of carbonyl (C=O) groups is 5. The van der Waals surface area contributed by atoms with Gasteiger partial charge in [-0.3, -0.25) is 14.4 Å². The van der Waals surface area contributed by atoms with Crippen LogP contribution in [0.25, 0.3) is 10.4 Å². The number of ether oxygens (including phenoxy) is 2. The van der Waals surface area contributed by atoms with E-state index in [1.807, 2.05) is 0 Å². The molecule has 18 nitrogen and oxygen atoms in total. The van der Waals surface area contributed by atoms with Crippen LogP contribution >= 0.6 is 0 Å². The summed E-state index contributed by atoms with van der Waals surface area (Å²) in [6.07, 6.45) is -4.97. The molecule has 6 atom stereocenters. The summed E-state index contributed by atoms with van der Waals surface area (Å²) in [5, 5.41) is 37.4. The largest absolute Gasteiger partial charge is 0.444 e. The third-order valence-corrected chi connectivity index (χ3v) is 8.01. The minimum absolute atomic E-state index is 0.0520. The molecule has 6 amide bonds. The molecule has 0 bridgehead atoms. The summed E-state index contributed by atoms with van der Waals surface area (Å²) >= 11 is 0. The fraction of sp³-hybridized carbons (Fsp3) is 0.514. The molecular formula is C35H49N9O9. The number of benzene rings is 2. The number of nitrogens with one attached hydrogen (secondary N) is 5. The monoisotopic (exact) mass is 739 g/mol. The number of aliphatic hydroxyl groups is 2. The predicted octanol–water partition coefficient (Wildman–Crippen LogP) is 1.54. The molecule has 0 aromatic heterocycles. The van der Waals surface area contributed by atoms with Gasteiger partial charge in [0.15, 0.2) is 0 Å². The minimum Gasteiger partial charge on any atom is -0.444 e. The lowest BCUT2D eigenvalue weighted by Crippen LogP contribution is -2.54. The van der Waals surface area contributed by atoms with Gasteiger partial charge in [-0.1, -0.05) is 47.6 Å². The number of nitrogens with zero attached hydrogens (tertiary/aromatic N) is 3. The van der Waals surface area contributed by atoms with Gasteiger partial charge in [-0.25, -0.2) is 9.59 Å². The molecule has 1 saturated heterocycles. The van der Waals surface area contributed by atoms with Crippen molar-refractivity contribution in [2.24, 2.45) is 10.8 Å². The third kappa shape index (κ3) is 15.0. The van der Waals surface area contributed by atoms with E-state index in [1.54, 1.807) is 75.4 Å². The third-order valence-electron chi connectivity index (χ3n) is 8.01. The van der Waals surface area contributed by atoms with Crippen LogP contribution in [0.15, 0.2) is 59.7 Å². The number of anilines is 1. The molecule has 1 aliphatic rings. The Balaban J connectivity index is 1.69. The summed E-state index contributed by atoms with van der Waals surface area (Å²) in [7, 11) is 0. The molecule has 0 aliphatic carbocycles. The van der Waals surface area contributed by atoms with Gasteiger partial charge in [-0.2, -0.15) is 0 Å². The first-order valence-corrected chi connectivity index (χ1v) is 17.2. The topological polar surface area (TPSA) is 279 Å². The van der Waals surface area contributed by atoms with E-state index in [1.165, 1.54) is 0 Å². The Morgan fingerprint density at radius 1 is 0.906 bits per heavy atom. The van der Waals surface area contributed by atoms with Gasteiger partial charge >= 0.3 is 12.1 Å². The van der Waals surface area contributed by atoms with Gasteiger partial charge in [-0.15, -0.1) is 0 Å². The molecule has 2 aromatic rings. The smallest absolute Gasteiger partial charge is 0.407 e. The van der Waals surface area contributed by atoms with Gasteiger partial charge in [0.2, 0.25) is 17.7 Å². The average Bonchev–Trinajstić information content (AvgIpc) is 3.35. The molecule has 18 heteroatoms. The highest BCUT2D eigenvalue weighted by atomic mass is 16.6. The van der Waals surface area contributed by atoms with Crippen LogP contribution in [0, 0.1) is 0 Å². The first kappa shape index (κ1) is 42.0. The van der Waals surface area contributed by atoms with Gasteiger partial charge < -0.3 is 52.0 Å². The quantitative estimate of drug-likeness (QED) is 0.0476. The number of carbonyl (C=O) groups excluding carboxylic acids is 5. The normalized spacial score (nSPS) is 19.1. The summed E-state index contributed by atoms with van der Waals surface area (Å²) in [6, 6.07) is 12.8. The van der Waals surface area contributed by atoms with Crippen LogP contribution in [0.5, 0.6) is 0 Å². The molecule has 3 unspecified atom stereocenters. The van der Waals surface area contributed by atoms with Crippen molar-refractivity contribution < 1.29 is 43.7 Å². The van der Waals surface area contributed by atoms with Crippen LogP contribution in [0.2, 0.25) is 0 Å². The van der Waals surface area contributed by atoms with E-state index in [9.17, 15) is 34.2 Å². The van der Waals surface area contributed by atoms with E-state index >= 15 is 0 Å². The molecule has 0 saturated carbocycles. The average molecular weight is 740 g/mol. The number of urea groups is 1. The number of amides is 6. The zero-order valence-electron chi connectivity index (χ0n) is 30.0. The number of hydrogen-bond acceptors (Lipinski definition) is 10. The van der Waals surface area contributed by atoms with E-state index in [0.717, 1.165) is 5.56 Å². The van der Waals surface area contributed by atoms with Crippen LogP contribution < -0.4 is 32.3 Å². The second kappa shape index (κ2) is 20.6. The molecule has 9 N–H and O–H groups in total. The van der Waals surface area contributed by atoms with E-state index < -0.39 is 78.4 Å². The standard InChI is InChI=1S/C35H49N9O9/c1-35(2,3)53-34(51)39-17-15-21-11-13-23(14-12-21)41-31(48)24(10-7-16-38-33(36)50)43-32(49)25(18-22-8-5-4-6-9-22)42-28(45)19-26-29(46)30(47)27(52-26)20-40-44-37/h4-6,8-9,11-14,24-27,29-30,46-47H,7,10,15-20H2,1-3H3,(H,39,51)(H,41,48)(H,42,45)(H,43,49)(H3,36,38,50)/t24?,25-,26+,27-,29?,30?/m1/s1. The zero-order chi connectivity index (χ0) is 39.0. The highest BCUT2D eigenvalue weighted by Crippen LogP contribution is 2.24. The fourth-order valence-corrected chi connectivity index (χ4v) is 5.42. The predicted molar refractivity (Wildman–Crippen MR) is 193 cm³/mol. The summed E-state index contributed by atoms with van der Waals surface area (Å²) in [5.41, 5.74) is 15.2. The van der Waals surface area contributed by atoms with Crippen LogP contribution in [-0.4, -0.2) is 102 Å². The van der Waals surface area contributed by atoms with Crippen LogP contribution in [0.4, 0.5) is 15.3 Å². The van der Waals surface area contributed by atoms with Crippen molar-refractivity contribution in [3.05, 3.63) is 76.2 Å². The molecule has 288 valence electrons. The lowest BCUT2D eigenvalue weighted by Gasteiger charge is -2.24. The summed E-state index contributed by atoms with van der Waals surface area (Å²) < 4.78 is 10.8. The van der Waals surface area contributed by atoms with E-state index in [2.05, 4.69) is 36.6 Å². The van der Waals surface area contributed by atoms with Crippen molar-refractivity contribution in [2.45, 2.75) is 95.0 Å². The van der Waals surface area contributed by atoms with Crippen LogP contribution in [0.1, 0.15) is 51.2 Å². The minimum atomic E-state index is -1.44. The summed E-state index contributed by atoms with van der Waals surface area (Å²) in [5.74, 6) is -1.90. The number of azide groups is 1. The molecule has 53 heavy (non-hydrogen) atoms. The van der Waals surface area contributed by atoms with Gasteiger partial charge in [0.05, 0.1) is 25.2 Å². The van der Waals surface area contributed by atoms with Crippen molar-refractivity contribution in [2.75, 3.05) is 25.0 Å². The highest BCUT2D eigenvalue weighted by Gasteiger charge is 2.43. The van der Waals surface area contributed by atoms with Crippen molar-refractivity contribution in [1.82, 2.24) is 21.3 Å². The van der Waals surface area contributed by atoms with Gasteiger partial charge in [0.25, 0.3) is 0 Å². The van der Waals surface area contributed by atoms with Gasteiger partial charge in [-0.05, 0) is 68.8 Å². The number of alkyl carbamates (subject to hydrolysis) is 1. The first-order valence-electron chi connectivity index (χ1n) is 17.2. The number of rotatable bonds is 18. The van der Waals surface area contributed by atoms with Crippen LogP contribution in [0.3, 0.4) is 0 Å². The van der Waals surface area contributed by atoms with Crippen molar-refractivity contribution in [3.8, 4) is 0 Å². The van der Waals surface area contributed by atoms with Gasteiger partial charge in [0, 0.05) is 30.1 Å². The van der Waals surface area contributed by atoms with Crippen LogP contribution in [-0.2, 0) is 36.7 Å². The Labute approximate surface area is 307 Å². The Kier molecular flexibility index (Phi) is 16.3. The van der Waals surface area contributed by atoms with Crippen molar-refractivity contribution in [3.63, 3.8) is 0 Å². The fourth-order valence-electron chi connectivity index (χ4n) is 5.42. The number of aliphatic hydroxyl groups excluding tert-OH is 2. The molecule has 1 fully saturated rings. The van der Waals surface area contributed by atoms with E-state index in [0.29, 0.717) is 24.2 Å². The molecule has 0 spiro atoms. The lowest BCUT2D eigenvalue weighted by atomic mass is 10.0. The zero-order valence-corrected chi connectivity index (χ0v) is 30.0. The Bertz CT molecular complexity index is 1580. The van der Waals surface area contributed by atoms with Crippen molar-refractivity contribution >= 4 is 35.5 Å². The second-order valence-electron chi connectivity index (χ2n) is 13.5. The maximum atomic E-state index is 13.8. The highest BCUT2D eigenvalue weighted by molar-refractivity contribution is 5.98. The maximum absolute atomic E-state index is 13.8. The Hall–Kier alpha value is -5.42. The summed E-state index contributed by atoms with van der Waals surface area (Å²) in [4.78, 5) is 66.3. The number of hydrogen-bond donors (Lipinski definition) is 8. The molecule has 2 aromatic carbocycles.